The lowest BCUT2D eigenvalue weighted by Crippen LogP contribution is -2.65. The maximum absolute atomic E-state index is 13.3. The minimum Gasteiger partial charge on any atom is -0.394 e. The fraction of sp³-hybridized carbons (Fsp3) is 0.756. The van der Waals surface area contributed by atoms with Crippen molar-refractivity contribution in [2.45, 2.75) is 357 Å². The van der Waals surface area contributed by atoms with E-state index >= 15 is 0 Å². The van der Waals surface area contributed by atoms with E-state index in [0.717, 1.165) is 96.3 Å². The fourth-order valence-corrected chi connectivity index (χ4v) is 11.6. The van der Waals surface area contributed by atoms with Crippen LogP contribution in [0.4, 0.5) is 0 Å². The van der Waals surface area contributed by atoms with Crippen LogP contribution in [0, 0.1) is 0 Å². The average Bonchev–Trinajstić information content (AvgIpc) is 0.882. The largest absolute Gasteiger partial charge is 0.394 e. The van der Waals surface area contributed by atoms with Crippen LogP contribution < -0.4 is 5.32 Å². The van der Waals surface area contributed by atoms with E-state index in [4.69, 9.17) is 18.9 Å². The molecule has 92 heavy (non-hydrogen) atoms. The van der Waals surface area contributed by atoms with Crippen LogP contribution in [0.1, 0.15) is 284 Å². The van der Waals surface area contributed by atoms with Crippen molar-refractivity contribution in [1.82, 2.24) is 5.32 Å². The lowest BCUT2D eigenvalue weighted by molar-refractivity contribution is -0.359. The number of allylic oxidation sites excluding steroid dienone is 17. The van der Waals surface area contributed by atoms with Crippen molar-refractivity contribution in [3.63, 3.8) is 0 Å². The van der Waals surface area contributed by atoms with Crippen LogP contribution in [0.25, 0.3) is 0 Å². The van der Waals surface area contributed by atoms with Crippen molar-refractivity contribution < 1.29 is 64.6 Å². The Balaban J connectivity index is 1.70. The van der Waals surface area contributed by atoms with Crippen molar-refractivity contribution in [3.05, 3.63) is 109 Å². The Morgan fingerprint density at radius 1 is 0.402 bits per heavy atom. The number of amides is 1. The second-order valence-corrected chi connectivity index (χ2v) is 25.7. The molecule has 2 fully saturated rings. The van der Waals surface area contributed by atoms with E-state index in [0.29, 0.717) is 12.8 Å². The zero-order chi connectivity index (χ0) is 66.6. The number of rotatable bonds is 60. The standard InChI is InChI=1S/C78H135NO13/c1-3-5-7-9-11-13-15-17-19-21-23-25-27-29-31-32-33-34-36-37-39-41-43-45-47-49-51-53-55-57-59-61-67(82)66(65-89-77-75(88)73(86)76(69(64-81)91-77)92-78-74(87)72(85)71(84)68(63-80)90-78)79-70(83)62-60-58-56-54-52-50-48-46-44-42-40-38-35-30-28-26-24-22-20-18-16-14-12-10-8-6-4-2/h6,8,12,14,18,20,24,26,30,35,40,42-43,45,51,53,59,61,66-69,71-78,80-82,84-88H,3-5,7,9-11,13,15-17,19,21-23,25,27-29,31-34,36-39,41,44,46-50,52,54-58,60,62-65H2,1-2H3,(H,79,83)/b8-6-,14-12-,20-18-,26-24-,35-30-,42-40-,45-43+,53-51+,61-59+. The zero-order valence-electron chi connectivity index (χ0n) is 57.8. The minimum absolute atomic E-state index is 0.253. The van der Waals surface area contributed by atoms with E-state index in [1.54, 1.807) is 6.08 Å². The lowest BCUT2D eigenvalue weighted by Gasteiger charge is -2.46. The quantitative estimate of drug-likeness (QED) is 0.0204. The van der Waals surface area contributed by atoms with E-state index in [1.807, 2.05) is 6.08 Å². The molecule has 14 heteroatoms. The van der Waals surface area contributed by atoms with Crippen LogP contribution in [0.3, 0.4) is 0 Å². The van der Waals surface area contributed by atoms with Crippen LogP contribution in [0.5, 0.6) is 0 Å². The summed E-state index contributed by atoms with van der Waals surface area (Å²) >= 11 is 0. The highest BCUT2D eigenvalue weighted by molar-refractivity contribution is 5.76. The number of nitrogens with one attached hydrogen (secondary N) is 1. The molecule has 2 heterocycles. The molecule has 2 aliphatic heterocycles. The molecule has 9 N–H and O–H groups in total. The average molecular weight is 1290 g/mol. The smallest absolute Gasteiger partial charge is 0.220 e. The highest BCUT2D eigenvalue weighted by Crippen LogP contribution is 2.30. The monoisotopic (exact) mass is 1290 g/mol. The molecule has 1 amide bonds. The van der Waals surface area contributed by atoms with Gasteiger partial charge in [0, 0.05) is 6.42 Å². The number of unbranched alkanes of at least 4 members (excludes halogenated alkanes) is 31. The molecule has 2 rings (SSSR count). The molecule has 0 bridgehead atoms. The molecule has 0 radical (unpaired) electrons. The number of hydrogen-bond acceptors (Lipinski definition) is 13. The van der Waals surface area contributed by atoms with Gasteiger partial charge in [0.25, 0.3) is 0 Å². The molecule has 0 aromatic rings. The number of aliphatic hydroxyl groups is 8. The van der Waals surface area contributed by atoms with Gasteiger partial charge in [-0.2, -0.15) is 0 Å². The molecule has 0 spiro atoms. The van der Waals surface area contributed by atoms with Crippen molar-refractivity contribution in [1.29, 1.82) is 0 Å². The van der Waals surface area contributed by atoms with Crippen LogP contribution in [-0.2, 0) is 23.7 Å². The molecule has 12 unspecified atom stereocenters. The molecular weight excluding hydrogens is 1160 g/mol. The van der Waals surface area contributed by atoms with Crippen LogP contribution in [-0.4, -0.2) is 140 Å². The second kappa shape index (κ2) is 61.3. The van der Waals surface area contributed by atoms with Gasteiger partial charge in [-0.05, 0) is 96.3 Å². The molecule has 0 aromatic carbocycles. The summed E-state index contributed by atoms with van der Waals surface area (Å²) in [7, 11) is 0. The number of hydrogen-bond donors (Lipinski definition) is 9. The van der Waals surface area contributed by atoms with Crippen molar-refractivity contribution in [2.24, 2.45) is 0 Å². The second-order valence-electron chi connectivity index (χ2n) is 25.7. The van der Waals surface area contributed by atoms with Gasteiger partial charge < -0.3 is 65.1 Å². The van der Waals surface area contributed by atoms with Crippen molar-refractivity contribution in [2.75, 3.05) is 19.8 Å². The highest BCUT2D eigenvalue weighted by Gasteiger charge is 2.51. The molecular formula is C78H135NO13. The van der Waals surface area contributed by atoms with Gasteiger partial charge in [0.05, 0.1) is 32.0 Å². The molecule has 14 nitrogen and oxygen atoms in total. The third-order valence-electron chi connectivity index (χ3n) is 17.4. The van der Waals surface area contributed by atoms with Gasteiger partial charge in [-0.3, -0.25) is 4.79 Å². The maximum atomic E-state index is 13.3. The SMILES string of the molecule is CC/C=C\C/C=C\C/C=C\C/C=C\C/C=C\C/C=C\CCCCCCCCCCC(=O)NC(COC1OC(CO)C(OC2OC(CO)C(O)C(O)C2O)C(O)C1O)C(O)/C=C/CC/C=C/CC/C=C/CCCCCCCCCCCCCCCCCCCCCCC. The first kappa shape index (κ1) is 84.7. The van der Waals surface area contributed by atoms with Gasteiger partial charge in [0.15, 0.2) is 12.6 Å². The van der Waals surface area contributed by atoms with Gasteiger partial charge in [-0.15, -0.1) is 0 Å². The molecule has 0 aromatic heterocycles. The summed E-state index contributed by atoms with van der Waals surface area (Å²) in [5.74, 6) is -0.264. The number of carbonyl (C=O) groups is 1. The Morgan fingerprint density at radius 3 is 1.20 bits per heavy atom. The third-order valence-corrected chi connectivity index (χ3v) is 17.4. The van der Waals surface area contributed by atoms with Gasteiger partial charge in [0.1, 0.15) is 48.8 Å². The fourth-order valence-electron chi connectivity index (χ4n) is 11.6. The van der Waals surface area contributed by atoms with Crippen LogP contribution in [0.2, 0.25) is 0 Å². The minimum atomic E-state index is -1.80. The first-order chi connectivity index (χ1) is 45.1. The van der Waals surface area contributed by atoms with Crippen LogP contribution >= 0.6 is 0 Å². The Morgan fingerprint density at radius 2 is 0.761 bits per heavy atom. The number of aliphatic hydroxyl groups excluding tert-OH is 8. The highest BCUT2D eigenvalue weighted by atomic mass is 16.7. The maximum Gasteiger partial charge on any atom is 0.220 e. The normalized spacial score (nSPS) is 23.3. The molecule has 0 saturated carbocycles. The number of carbonyl (C=O) groups excluding carboxylic acids is 1. The Hall–Kier alpha value is -3.35. The van der Waals surface area contributed by atoms with E-state index < -0.39 is 86.8 Å². The molecule has 0 aliphatic carbocycles. The number of ether oxygens (including phenoxy) is 4. The summed E-state index contributed by atoms with van der Waals surface area (Å²) in [6.45, 7) is 2.68. The predicted octanol–water partition coefficient (Wildman–Crippen LogP) is 15.9. The summed E-state index contributed by atoms with van der Waals surface area (Å²) in [5, 5.41) is 87.5. The molecule has 530 valence electrons. The van der Waals surface area contributed by atoms with Gasteiger partial charge >= 0.3 is 0 Å². The Bertz CT molecular complexity index is 1960. The zero-order valence-corrected chi connectivity index (χ0v) is 57.8. The summed E-state index contributed by atoms with van der Waals surface area (Å²) in [6.07, 6.45) is 71.5. The van der Waals surface area contributed by atoms with E-state index in [1.165, 1.54) is 154 Å². The first-order valence-corrected chi connectivity index (χ1v) is 37.1. The lowest BCUT2D eigenvalue weighted by atomic mass is 9.97. The summed E-state index contributed by atoms with van der Waals surface area (Å²) in [5.41, 5.74) is 0. The summed E-state index contributed by atoms with van der Waals surface area (Å²) in [6, 6.07) is -0.953. The molecule has 2 aliphatic rings. The van der Waals surface area contributed by atoms with Gasteiger partial charge in [-0.25, -0.2) is 0 Å². The Labute approximate surface area is 559 Å². The van der Waals surface area contributed by atoms with E-state index in [-0.39, 0.29) is 18.9 Å². The van der Waals surface area contributed by atoms with Crippen LogP contribution in [0.15, 0.2) is 109 Å². The summed E-state index contributed by atoms with van der Waals surface area (Å²) < 4.78 is 22.8. The Kier molecular flexibility index (Phi) is 56.4. The van der Waals surface area contributed by atoms with E-state index in [2.05, 4.69) is 116 Å². The first-order valence-electron chi connectivity index (χ1n) is 37.1. The molecule has 12 atom stereocenters. The predicted molar refractivity (Wildman–Crippen MR) is 378 cm³/mol. The van der Waals surface area contributed by atoms with Gasteiger partial charge in [0.2, 0.25) is 5.91 Å². The van der Waals surface area contributed by atoms with Crippen molar-refractivity contribution in [3.8, 4) is 0 Å². The summed E-state index contributed by atoms with van der Waals surface area (Å²) in [4.78, 5) is 13.3. The third kappa shape index (κ3) is 44.4. The molecule has 2 saturated heterocycles. The topological polar surface area (TPSA) is 228 Å². The van der Waals surface area contributed by atoms with Crippen molar-refractivity contribution >= 4 is 5.91 Å². The van der Waals surface area contributed by atoms with Gasteiger partial charge in [-0.1, -0.05) is 290 Å². The van der Waals surface area contributed by atoms with E-state index in [9.17, 15) is 45.6 Å².